The van der Waals surface area contributed by atoms with Crippen LogP contribution < -0.4 is 5.32 Å². The topological polar surface area (TPSA) is 56.1 Å². The van der Waals surface area contributed by atoms with Crippen LogP contribution in [0.25, 0.3) is 0 Å². The van der Waals surface area contributed by atoms with Crippen LogP contribution >= 0.6 is 0 Å². The molecule has 0 saturated carbocycles. The lowest BCUT2D eigenvalue weighted by molar-refractivity contribution is -0.176. The molecule has 5 nitrogen and oxygen atoms in total. The summed E-state index contributed by atoms with van der Waals surface area (Å²) in [5.74, 6) is 0.267. The van der Waals surface area contributed by atoms with Gasteiger partial charge in [-0.3, -0.25) is 4.79 Å². The molecule has 0 atom stereocenters. The van der Waals surface area contributed by atoms with Crippen LogP contribution in [0.3, 0.4) is 0 Å². The zero-order valence-corrected chi connectivity index (χ0v) is 17.6. The molecule has 2 aromatic rings. The molecule has 0 bridgehead atoms. The third-order valence-electron chi connectivity index (χ3n) is 4.11. The normalized spacial score (nSPS) is 12.9. The summed E-state index contributed by atoms with van der Waals surface area (Å²) in [4.78, 5) is 12.7. The SMILES string of the molecule is CC(C)(C)c1cc(NC(=O)c2ccc(COCC(F)(F)F)cc2)n(C(C)(C)C)n1. The zero-order valence-electron chi connectivity index (χ0n) is 17.6. The van der Waals surface area contributed by atoms with Crippen molar-refractivity contribution in [3.8, 4) is 0 Å². The quantitative estimate of drug-likeness (QED) is 0.730. The molecule has 0 aliphatic carbocycles. The Morgan fingerprint density at radius 2 is 1.66 bits per heavy atom. The van der Waals surface area contributed by atoms with Gasteiger partial charge in [-0.2, -0.15) is 18.3 Å². The van der Waals surface area contributed by atoms with Gasteiger partial charge in [-0.25, -0.2) is 4.68 Å². The monoisotopic (exact) mass is 411 g/mol. The number of carbonyl (C=O) groups is 1. The van der Waals surface area contributed by atoms with Gasteiger partial charge in [0.1, 0.15) is 12.4 Å². The molecule has 0 fully saturated rings. The van der Waals surface area contributed by atoms with Gasteiger partial charge in [0.25, 0.3) is 5.91 Å². The van der Waals surface area contributed by atoms with E-state index >= 15 is 0 Å². The average Bonchev–Trinajstić information content (AvgIpc) is 2.98. The molecule has 1 amide bonds. The Morgan fingerprint density at radius 3 is 2.14 bits per heavy atom. The van der Waals surface area contributed by atoms with Crippen LogP contribution in [0.5, 0.6) is 0 Å². The molecule has 2 rings (SSSR count). The van der Waals surface area contributed by atoms with E-state index in [1.165, 1.54) is 0 Å². The van der Waals surface area contributed by atoms with Crippen molar-refractivity contribution in [2.75, 3.05) is 11.9 Å². The van der Waals surface area contributed by atoms with E-state index in [2.05, 4.69) is 15.2 Å². The molecular weight excluding hydrogens is 383 g/mol. The van der Waals surface area contributed by atoms with Crippen molar-refractivity contribution in [2.45, 2.75) is 65.3 Å². The first kappa shape index (κ1) is 22.9. The summed E-state index contributed by atoms with van der Waals surface area (Å²) in [6.45, 7) is 10.7. The van der Waals surface area contributed by atoms with Crippen molar-refractivity contribution in [1.82, 2.24) is 9.78 Å². The van der Waals surface area contributed by atoms with E-state index in [4.69, 9.17) is 0 Å². The van der Waals surface area contributed by atoms with Gasteiger partial charge in [0, 0.05) is 17.0 Å². The standard InChI is InChI=1S/C21H28F3N3O2/c1-19(2,3)16-11-17(27(26-16)20(4,5)6)25-18(28)15-9-7-14(8-10-15)12-29-13-21(22,23)24/h7-11H,12-13H2,1-6H3,(H,25,28). The summed E-state index contributed by atoms with van der Waals surface area (Å²) < 4.78 is 42.8. The second kappa shape index (κ2) is 8.18. The van der Waals surface area contributed by atoms with Crippen LogP contribution in [-0.2, 0) is 22.3 Å². The molecule has 0 aliphatic heterocycles. The highest BCUT2D eigenvalue weighted by molar-refractivity contribution is 6.03. The van der Waals surface area contributed by atoms with Crippen molar-refractivity contribution < 1.29 is 22.7 Å². The molecule has 8 heteroatoms. The van der Waals surface area contributed by atoms with Gasteiger partial charge in [0.2, 0.25) is 0 Å². The number of nitrogens with one attached hydrogen (secondary N) is 1. The molecule has 0 spiro atoms. The van der Waals surface area contributed by atoms with Crippen molar-refractivity contribution in [1.29, 1.82) is 0 Å². The fourth-order valence-corrected chi connectivity index (χ4v) is 2.57. The number of benzene rings is 1. The summed E-state index contributed by atoms with van der Waals surface area (Å²) in [5, 5.41) is 7.55. The highest BCUT2D eigenvalue weighted by Gasteiger charge is 2.27. The second-order valence-corrected chi connectivity index (χ2v) is 9.01. The van der Waals surface area contributed by atoms with Gasteiger partial charge < -0.3 is 10.1 Å². The predicted octanol–water partition coefficient (Wildman–Crippen LogP) is 5.27. The van der Waals surface area contributed by atoms with Gasteiger partial charge in [-0.05, 0) is 38.5 Å². The smallest absolute Gasteiger partial charge is 0.367 e. The largest absolute Gasteiger partial charge is 0.411 e. The summed E-state index contributed by atoms with van der Waals surface area (Å²) in [7, 11) is 0. The first-order valence-corrected chi connectivity index (χ1v) is 9.33. The van der Waals surface area contributed by atoms with E-state index in [9.17, 15) is 18.0 Å². The third kappa shape index (κ3) is 6.59. The number of hydrogen-bond donors (Lipinski definition) is 1. The Morgan fingerprint density at radius 1 is 1.07 bits per heavy atom. The molecular formula is C21H28F3N3O2. The molecule has 1 aromatic carbocycles. The molecule has 0 radical (unpaired) electrons. The van der Waals surface area contributed by atoms with Crippen molar-refractivity contribution in [3.05, 3.63) is 47.2 Å². The van der Waals surface area contributed by atoms with Crippen molar-refractivity contribution in [3.63, 3.8) is 0 Å². The molecule has 1 heterocycles. The molecule has 1 aromatic heterocycles. The van der Waals surface area contributed by atoms with E-state index in [0.717, 1.165) is 5.69 Å². The van der Waals surface area contributed by atoms with E-state index < -0.39 is 12.8 Å². The highest BCUT2D eigenvalue weighted by Crippen LogP contribution is 2.28. The third-order valence-corrected chi connectivity index (χ3v) is 4.11. The number of amides is 1. The van der Waals surface area contributed by atoms with E-state index in [0.29, 0.717) is 16.9 Å². The maximum atomic E-state index is 12.7. The number of carbonyl (C=O) groups excluding carboxylic acids is 1. The van der Waals surface area contributed by atoms with Crippen LogP contribution in [0.4, 0.5) is 19.0 Å². The van der Waals surface area contributed by atoms with Gasteiger partial charge >= 0.3 is 6.18 Å². The second-order valence-electron chi connectivity index (χ2n) is 9.01. The number of halogens is 3. The van der Waals surface area contributed by atoms with E-state index in [1.54, 1.807) is 28.9 Å². The Kier molecular flexibility index (Phi) is 6.47. The molecule has 29 heavy (non-hydrogen) atoms. The number of hydrogen-bond acceptors (Lipinski definition) is 3. The van der Waals surface area contributed by atoms with Gasteiger partial charge in [0.15, 0.2) is 0 Å². The Balaban J connectivity index is 2.13. The Hall–Kier alpha value is -2.35. The number of anilines is 1. The Bertz CT molecular complexity index is 842. The average molecular weight is 411 g/mol. The summed E-state index contributed by atoms with van der Waals surface area (Å²) in [6, 6.07) is 8.14. The van der Waals surface area contributed by atoms with Crippen LogP contribution in [0.1, 0.15) is 63.2 Å². The lowest BCUT2D eigenvalue weighted by Gasteiger charge is -2.23. The molecule has 0 aliphatic rings. The Labute approximate surface area is 169 Å². The van der Waals surface area contributed by atoms with Crippen LogP contribution in [0.2, 0.25) is 0 Å². The predicted molar refractivity (Wildman–Crippen MR) is 106 cm³/mol. The minimum absolute atomic E-state index is 0.173. The molecule has 0 saturated heterocycles. The number of rotatable bonds is 5. The summed E-state index contributed by atoms with van der Waals surface area (Å²) >= 11 is 0. The van der Waals surface area contributed by atoms with Crippen molar-refractivity contribution in [2.24, 2.45) is 0 Å². The van der Waals surface area contributed by atoms with Crippen LogP contribution in [0.15, 0.2) is 30.3 Å². The fraction of sp³-hybridized carbons (Fsp3) is 0.524. The van der Waals surface area contributed by atoms with Gasteiger partial charge in [-0.1, -0.05) is 32.9 Å². The minimum atomic E-state index is -4.36. The first-order chi connectivity index (χ1) is 13.2. The highest BCUT2D eigenvalue weighted by atomic mass is 19.4. The van der Waals surface area contributed by atoms with E-state index in [1.807, 2.05) is 47.6 Å². The number of alkyl halides is 3. The first-order valence-electron chi connectivity index (χ1n) is 9.33. The zero-order chi connectivity index (χ0) is 22.0. The number of ether oxygens (including phenoxy) is 1. The maximum Gasteiger partial charge on any atom is 0.411 e. The number of aromatic nitrogens is 2. The van der Waals surface area contributed by atoms with E-state index in [-0.39, 0.29) is 23.5 Å². The number of nitrogens with zero attached hydrogens (tertiary/aromatic N) is 2. The van der Waals surface area contributed by atoms with Crippen LogP contribution in [-0.4, -0.2) is 28.5 Å². The fourth-order valence-electron chi connectivity index (χ4n) is 2.57. The summed E-state index contributed by atoms with van der Waals surface area (Å²) in [6.07, 6.45) is -4.36. The minimum Gasteiger partial charge on any atom is -0.367 e. The lowest BCUT2D eigenvalue weighted by Crippen LogP contribution is -2.27. The maximum absolute atomic E-state index is 12.7. The van der Waals surface area contributed by atoms with Gasteiger partial charge in [-0.15, -0.1) is 0 Å². The molecule has 0 unspecified atom stereocenters. The summed E-state index contributed by atoms with van der Waals surface area (Å²) in [5.41, 5.74) is 1.31. The molecule has 160 valence electrons. The van der Waals surface area contributed by atoms with Crippen molar-refractivity contribution >= 4 is 11.7 Å². The van der Waals surface area contributed by atoms with Crippen LogP contribution in [0, 0.1) is 0 Å². The lowest BCUT2D eigenvalue weighted by atomic mass is 9.92. The molecule has 1 N–H and O–H groups in total. The van der Waals surface area contributed by atoms with Gasteiger partial charge in [0.05, 0.1) is 17.8 Å².